The van der Waals surface area contributed by atoms with Gasteiger partial charge in [0.2, 0.25) is 5.91 Å². The minimum absolute atomic E-state index is 0.273. The standard InChI is InChI=1S/C25H34N4O3/c1-3-5-6-11-24(30)29-18-16-28(17-19-29)21-14-12-20(13-15-21)26-25(31)27-22-9-7-8-10-23(22)32-4-2/h7-10,12-15H,3-6,11,16-19H2,1-2H3,(H2,26,27,31). The molecule has 3 rings (SSSR count). The fraction of sp³-hybridized carbons (Fsp3) is 0.440. The summed E-state index contributed by atoms with van der Waals surface area (Å²) in [5.74, 6) is 0.915. The number of carbonyl (C=O) groups excluding carboxylic acids is 2. The van der Waals surface area contributed by atoms with Crippen molar-refractivity contribution in [3.05, 3.63) is 48.5 Å². The summed E-state index contributed by atoms with van der Waals surface area (Å²) in [6, 6.07) is 14.8. The number of hydrogen-bond donors (Lipinski definition) is 2. The van der Waals surface area contributed by atoms with Crippen molar-refractivity contribution < 1.29 is 14.3 Å². The van der Waals surface area contributed by atoms with Gasteiger partial charge in [0.1, 0.15) is 5.75 Å². The number of para-hydroxylation sites is 2. The number of hydrogen-bond acceptors (Lipinski definition) is 4. The highest BCUT2D eigenvalue weighted by atomic mass is 16.5. The molecule has 0 saturated carbocycles. The zero-order valence-electron chi connectivity index (χ0n) is 19.1. The first-order valence-corrected chi connectivity index (χ1v) is 11.5. The van der Waals surface area contributed by atoms with Crippen LogP contribution >= 0.6 is 0 Å². The van der Waals surface area contributed by atoms with Gasteiger partial charge in [-0.05, 0) is 49.7 Å². The summed E-state index contributed by atoms with van der Waals surface area (Å²) in [4.78, 5) is 29.0. The highest BCUT2D eigenvalue weighted by molar-refractivity contribution is 6.00. The van der Waals surface area contributed by atoms with Crippen LogP contribution in [0, 0.1) is 0 Å². The average Bonchev–Trinajstić information content (AvgIpc) is 2.81. The van der Waals surface area contributed by atoms with E-state index in [1.54, 1.807) is 0 Å². The van der Waals surface area contributed by atoms with Crippen LogP contribution in [0.2, 0.25) is 0 Å². The summed E-state index contributed by atoms with van der Waals surface area (Å²) in [5, 5.41) is 5.69. The fourth-order valence-electron chi connectivity index (χ4n) is 3.79. The van der Waals surface area contributed by atoms with E-state index < -0.39 is 0 Å². The molecule has 2 aromatic carbocycles. The summed E-state index contributed by atoms with van der Waals surface area (Å²) in [5.41, 5.74) is 2.44. The number of nitrogens with one attached hydrogen (secondary N) is 2. The highest BCUT2D eigenvalue weighted by Gasteiger charge is 2.20. The lowest BCUT2D eigenvalue weighted by atomic mass is 10.1. The summed E-state index contributed by atoms with van der Waals surface area (Å²) in [7, 11) is 0. The number of benzene rings is 2. The van der Waals surface area contributed by atoms with Gasteiger partial charge < -0.3 is 25.2 Å². The molecule has 3 amide bonds. The lowest BCUT2D eigenvalue weighted by Gasteiger charge is -2.36. The second kappa shape index (κ2) is 12.0. The zero-order valence-corrected chi connectivity index (χ0v) is 19.1. The normalized spacial score (nSPS) is 13.6. The van der Waals surface area contributed by atoms with Crippen LogP contribution in [-0.2, 0) is 4.79 Å². The smallest absolute Gasteiger partial charge is 0.323 e. The van der Waals surface area contributed by atoms with Crippen LogP contribution in [0.1, 0.15) is 39.5 Å². The predicted octanol–water partition coefficient (Wildman–Crippen LogP) is 4.96. The molecule has 2 N–H and O–H groups in total. The molecule has 7 heteroatoms. The van der Waals surface area contributed by atoms with Crippen LogP contribution in [0.3, 0.4) is 0 Å². The third-order valence-electron chi connectivity index (χ3n) is 5.55. The Morgan fingerprint density at radius 3 is 2.31 bits per heavy atom. The van der Waals surface area contributed by atoms with Crippen LogP contribution in [0.15, 0.2) is 48.5 Å². The van der Waals surface area contributed by atoms with Crippen molar-refractivity contribution in [1.29, 1.82) is 0 Å². The van der Waals surface area contributed by atoms with Crippen LogP contribution in [-0.4, -0.2) is 49.6 Å². The number of urea groups is 1. The molecule has 1 aliphatic rings. The molecule has 1 heterocycles. The van der Waals surface area contributed by atoms with Crippen LogP contribution in [0.5, 0.6) is 5.75 Å². The molecule has 7 nitrogen and oxygen atoms in total. The Labute approximate surface area is 190 Å². The molecule has 0 bridgehead atoms. The summed E-state index contributed by atoms with van der Waals surface area (Å²) >= 11 is 0. The molecular weight excluding hydrogens is 404 g/mol. The molecule has 0 radical (unpaired) electrons. The number of amides is 3. The monoisotopic (exact) mass is 438 g/mol. The maximum atomic E-state index is 12.4. The number of unbranched alkanes of at least 4 members (excludes halogenated alkanes) is 2. The number of ether oxygens (including phenoxy) is 1. The fourth-order valence-corrected chi connectivity index (χ4v) is 3.79. The molecule has 2 aromatic rings. The van der Waals surface area contributed by atoms with Crippen molar-refractivity contribution >= 4 is 29.0 Å². The Morgan fingerprint density at radius 1 is 0.906 bits per heavy atom. The SMILES string of the molecule is CCCCCC(=O)N1CCN(c2ccc(NC(=O)Nc3ccccc3OCC)cc2)CC1. The van der Waals surface area contributed by atoms with E-state index in [0.29, 0.717) is 30.2 Å². The Kier molecular flexibility index (Phi) is 8.78. The number of anilines is 3. The second-order valence-corrected chi connectivity index (χ2v) is 7.88. The van der Waals surface area contributed by atoms with Gasteiger partial charge in [0.15, 0.2) is 0 Å². The Bertz CT molecular complexity index is 877. The molecular formula is C25H34N4O3. The lowest BCUT2D eigenvalue weighted by Crippen LogP contribution is -2.48. The first-order chi connectivity index (χ1) is 15.6. The van der Waals surface area contributed by atoms with E-state index >= 15 is 0 Å². The molecule has 0 atom stereocenters. The lowest BCUT2D eigenvalue weighted by molar-refractivity contribution is -0.131. The second-order valence-electron chi connectivity index (χ2n) is 7.88. The summed E-state index contributed by atoms with van der Waals surface area (Å²) < 4.78 is 5.55. The summed E-state index contributed by atoms with van der Waals surface area (Å²) in [6.07, 6.45) is 3.89. The largest absolute Gasteiger partial charge is 0.492 e. The van der Waals surface area contributed by atoms with Gasteiger partial charge in [-0.3, -0.25) is 4.79 Å². The Morgan fingerprint density at radius 2 is 1.62 bits per heavy atom. The minimum atomic E-state index is -0.319. The topological polar surface area (TPSA) is 73.9 Å². The number of nitrogens with zero attached hydrogens (tertiary/aromatic N) is 2. The van der Waals surface area contributed by atoms with Crippen molar-refractivity contribution in [2.24, 2.45) is 0 Å². The van der Waals surface area contributed by atoms with Crippen LogP contribution in [0.4, 0.5) is 21.9 Å². The third-order valence-corrected chi connectivity index (χ3v) is 5.55. The van der Waals surface area contributed by atoms with Crippen molar-refractivity contribution in [2.75, 3.05) is 48.3 Å². The van der Waals surface area contributed by atoms with Gasteiger partial charge in [-0.2, -0.15) is 0 Å². The van der Waals surface area contributed by atoms with Gasteiger partial charge in [-0.1, -0.05) is 31.9 Å². The van der Waals surface area contributed by atoms with Crippen molar-refractivity contribution in [1.82, 2.24) is 4.90 Å². The van der Waals surface area contributed by atoms with Gasteiger partial charge in [-0.25, -0.2) is 4.79 Å². The Hall–Kier alpha value is -3.22. The van der Waals surface area contributed by atoms with E-state index in [4.69, 9.17) is 4.74 Å². The average molecular weight is 439 g/mol. The zero-order chi connectivity index (χ0) is 22.8. The molecule has 172 valence electrons. The molecule has 0 aliphatic carbocycles. The van der Waals surface area contributed by atoms with Gasteiger partial charge in [0.05, 0.1) is 12.3 Å². The maximum Gasteiger partial charge on any atom is 0.323 e. The minimum Gasteiger partial charge on any atom is -0.492 e. The van der Waals surface area contributed by atoms with Gasteiger partial charge in [-0.15, -0.1) is 0 Å². The van der Waals surface area contributed by atoms with Crippen molar-refractivity contribution in [2.45, 2.75) is 39.5 Å². The number of piperazine rings is 1. The van der Waals surface area contributed by atoms with E-state index in [9.17, 15) is 9.59 Å². The molecule has 1 fully saturated rings. The molecule has 1 saturated heterocycles. The highest BCUT2D eigenvalue weighted by Crippen LogP contribution is 2.24. The van der Waals surface area contributed by atoms with Crippen LogP contribution < -0.4 is 20.3 Å². The van der Waals surface area contributed by atoms with E-state index in [2.05, 4.69) is 22.5 Å². The molecule has 1 aliphatic heterocycles. The number of rotatable bonds is 9. The number of carbonyl (C=O) groups is 2. The maximum absolute atomic E-state index is 12.4. The van der Waals surface area contributed by atoms with E-state index in [-0.39, 0.29) is 11.9 Å². The van der Waals surface area contributed by atoms with Gasteiger partial charge in [0, 0.05) is 44.0 Å². The van der Waals surface area contributed by atoms with E-state index in [1.165, 1.54) is 0 Å². The van der Waals surface area contributed by atoms with Gasteiger partial charge >= 0.3 is 6.03 Å². The molecule has 0 spiro atoms. The first kappa shape index (κ1) is 23.4. The molecule has 0 unspecified atom stereocenters. The Balaban J connectivity index is 1.48. The van der Waals surface area contributed by atoms with E-state index in [1.807, 2.05) is 60.4 Å². The summed E-state index contributed by atoms with van der Waals surface area (Å²) in [6.45, 7) is 7.74. The van der Waals surface area contributed by atoms with Crippen molar-refractivity contribution in [3.63, 3.8) is 0 Å². The first-order valence-electron chi connectivity index (χ1n) is 11.5. The molecule has 32 heavy (non-hydrogen) atoms. The van der Waals surface area contributed by atoms with Gasteiger partial charge in [0.25, 0.3) is 0 Å². The molecule has 0 aromatic heterocycles. The predicted molar refractivity (Wildman–Crippen MR) is 130 cm³/mol. The van der Waals surface area contributed by atoms with Crippen molar-refractivity contribution in [3.8, 4) is 5.75 Å². The van der Waals surface area contributed by atoms with Crippen LogP contribution in [0.25, 0.3) is 0 Å². The quantitative estimate of drug-likeness (QED) is 0.543. The van der Waals surface area contributed by atoms with E-state index in [0.717, 1.165) is 51.1 Å². The third kappa shape index (κ3) is 6.64.